The Morgan fingerprint density at radius 2 is 1.95 bits per heavy atom. The average molecular weight is 281 g/mol. The summed E-state index contributed by atoms with van der Waals surface area (Å²) in [5.41, 5.74) is 2.41. The Labute approximate surface area is 126 Å². The van der Waals surface area contributed by atoms with Gasteiger partial charge in [0.15, 0.2) is 0 Å². The number of aromatic nitrogens is 1. The third kappa shape index (κ3) is 2.68. The summed E-state index contributed by atoms with van der Waals surface area (Å²) in [7, 11) is 2.27. The van der Waals surface area contributed by atoms with Gasteiger partial charge in [0.2, 0.25) is 0 Å². The Morgan fingerprint density at radius 3 is 2.76 bits per heavy atom. The second-order valence-electron chi connectivity index (χ2n) is 6.71. The Morgan fingerprint density at radius 1 is 1.19 bits per heavy atom. The van der Waals surface area contributed by atoms with Crippen molar-refractivity contribution in [2.24, 2.45) is 0 Å². The SMILES string of the molecule is CN(Cc1cnc2ccccc2c1)C1CC2CCC(C1)N2. The fourth-order valence-corrected chi connectivity index (χ4v) is 4.01. The van der Waals surface area contributed by atoms with Gasteiger partial charge in [0, 0.05) is 36.3 Å². The lowest BCUT2D eigenvalue weighted by atomic mass is 9.98. The van der Waals surface area contributed by atoms with Gasteiger partial charge in [-0.2, -0.15) is 0 Å². The zero-order valence-electron chi connectivity index (χ0n) is 12.6. The summed E-state index contributed by atoms with van der Waals surface area (Å²) in [4.78, 5) is 7.11. The van der Waals surface area contributed by atoms with Gasteiger partial charge in [0.25, 0.3) is 0 Å². The van der Waals surface area contributed by atoms with Crippen LogP contribution < -0.4 is 5.32 Å². The van der Waals surface area contributed by atoms with Crippen LogP contribution >= 0.6 is 0 Å². The number of pyridine rings is 1. The van der Waals surface area contributed by atoms with E-state index >= 15 is 0 Å². The molecule has 2 unspecified atom stereocenters. The Kier molecular flexibility index (Phi) is 3.40. The van der Waals surface area contributed by atoms with Gasteiger partial charge in [-0.05, 0) is 50.4 Å². The van der Waals surface area contributed by atoms with Crippen molar-refractivity contribution in [1.29, 1.82) is 0 Å². The van der Waals surface area contributed by atoms with Gasteiger partial charge >= 0.3 is 0 Å². The molecule has 2 aliphatic heterocycles. The molecular weight excluding hydrogens is 258 g/mol. The fraction of sp³-hybridized carbons (Fsp3) is 0.500. The van der Waals surface area contributed by atoms with Crippen molar-refractivity contribution < 1.29 is 0 Å². The van der Waals surface area contributed by atoms with Crippen molar-refractivity contribution in [3.8, 4) is 0 Å². The molecule has 1 aromatic heterocycles. The van der Waals surface area contributed by atoms with Crippen LogP contribution in [0.15, 0.2) is 36.5 Å². The number of benzene rings is 1. The summed E-state index contributed by atoms with van der Waals surface area (Å²) < 4.78 is 0. The first-order valence-corrected chi connectivity index (χ1v) is 8.08. The molecule has 3 nitrogen and oxygen atoms in total. The lowest BCUT2D eigenvalue weighted by molar-refractivity contribution is 0.166. The first-order chi connectivity index (χ1) is 10.3. The molecule has 1 aromatic carbocycles. The molecule has 0 spiro atoms. The minimum absolute atomic E-state index is 0.718. The van der Waals surface area contributed by atoms with Gasteiger partial charge < -0.3 is 5.32 Å². The highest BCUT2D eigenvalue weighted by molar-refractivity contribution is 5.78. The summed E-state index contributed by atoms with van der Waals surface area (Å²) >= 11 is 0. The van der Waals surface area contributed by atoms with E-state index in [1.807, 2.05) is 12.3 Å². The molecule has 2 aromatic rings. The van der Waals surface area contributed by atoms with Crippen molar-refractivity contribution >= 4 is 10.9 Å². The fourth-order valence-electron chi connectivity index (χ4n) is 4.01. The quantitative estimate of drug-likeness (QED) is 0.937. The summed E-state index contributed by atoms with van der Waals surface area (Å²) in [5, 5.41) is 4.97. The van der Waals surface area contributed by atoms with Gasteiger partial charge in [-0.1, -0.05) is 18.2 Å². The van der Waals surface area contributed by atoms with Crippen molar-refractivity contribution in [1.82, 2.24) is 15.2 Å². The topological polar surface area (TPSA) is 28.2 Å². The molecule has 2 saturated heterocycles. The van der Waals surface area contributed by atoms with E-state index in [4.69, 9.17) is 0 Å². The van der Waals surface area contributed by atoms with Gasteiger partial charge in [-0.15, -0.1) is 0 Å². The largest absolute Gasteiger partial charge is 0.311 e. The molecule has 4 rings (SSSR count). The molecule has 0 saturated carbocycles. The Hall–Kier alpha value is -1.45. The number of piperidine rings is 1. The smallest absolute Gasteiger partial charge is 0.0702 e. The zero-order valence-corrected chi connectivity index (χ0v) is 12.6. The van der Waals surface area contributed by atoms with E-state index in [1.165, 1.54) is 36.6 Å². The van der Waals surface area contributed by atoms with E-state index in [-0.39, 0.29) is 0 Å². The van der Waals surface area contributed by atoms with Gasteiger partial charge in [-0.3, -0.25) is 9.88 Å². The van der Waals surface area contributed by atoms with E-state index in [1.54, 1.807) is 0 Å². The minimum Gasteiger partial charge on any atom is -0.311 e. The first kappa shape index (κ1) is 13.2. The van der Waals surface area contributed by atoms with E-state index in [9.17, 15) is 0 Å². The molecule has 2 atom stereocenters. The van der Waals surface area contributed by atoms with E-state index in [0.29, 0.717) is 0 Å². The highest BCUT2D eigenvalue weighted by Crippen LogP contribution is 2.29. The molecule has 1 N–H and O–H groups in total. The van der Waals surface area contributed by atoms with Crippen LogP contribution in [0.4, 0.5) is 0 Å². The lowest BCUT2D eigenvalue weighted by Gasteiger charge is -2.35. The average Bonchev–Trinajstić information content (AvgIpc) is 2.85. The number of rotatable bonds is 3. The van der Waals surface area contributed by atoms with Crippen LogP contribution in [-0.2, 0) is 6.54 Å². The summed E-state index contributed by atoms with van der Waals surface area (Å²) in [6.07, 6.45) is 7.37. The predicted octanol–water partition coefficient (Wildman–Crippen LogP) is 2.95. The van der Waals surface area contributed by atoms with Crippen LogP contribution in [0, 0.1) is 0 Å². The number of nitrogens with one attached hydrogen (secondary N) is 1. The van der Waals surface area contributed by atoms with Crippen LogP contribution in [0.2, 0.25) is 0 Å². The highest BCUT2D eigenvalue weighted by Gasteiger charge is 2.34. The van der Waals surface area contributed by atoms with Gasteiger partial charge in [-0.25, -0.2) is 0 Å². The predicted molar refractivity (Wildman–Crippen MR) is 86.2 cm³/mol. The van der Waals surface area contributed by atoms with Crippen LogP contribution in [-0.4, -0.2) is 35.1 Å². The summed E-state index contributed by atoms with van der Waals surface area (Å²) in [6.45, 7) is 1.00. The van der Waals surface area contributed by atoms with Crippen molar-refractivity contribution in [3.63, 3.8) is 0 Å². The maximum Gasteiger partial charge on any atom is 0.0702 e. The standard InChI is InChI=1S/C18H23N3/c1-21(17-9-15-6-7-16(10-17)20-15)12-13-8-14-4-2-3-5-18(14)19-11-13/h2-5,8,11,15-17,20H,6-7,9-10,12H2,1H3. The number of fused-ring (bicyclic) bond motifs is 3. The number of nitrogens with zero attached hydrogens (tertiary/aromatic N) is 2. The second kappa shape index (κ2) is 5.39. The third-order valence-electron chi connectivity index (χ3n) is 5.15. The molecule has 21 heavy (non-hydrogen) atoms. The lowest BCUT2D eigenvalue weighted by Crippen LogP contribution is -2.46. The van der Waals surface area contributed by atoms with Crippen molar-refractivity contribution in [3.05, 3.63) is 42.1 Å². The molecule has 3 heteroatoms. The molecule has 0 radical (unpaired) electrons. The zero-order chi connectivity index (χ0) is 14.2. The first-order valence-electron chi connectivity index (χ1n) is 8.08. The minimum atomic E-state index is 0.718. The van der Waals surface area contributed by atoms with E-state index in [2.05, 4.69) is 46.5 Å². The number of hydrogen-bond acceptors (Lipinski definition) is 3. The summed E-state index contributed by atoms with van der Waals surface area (Å²) in [6, 6.07) is 12.9. The summed E-state index contributed by atoms with van der Waals surface area (Å²) in [5.74, 6) is 0. The van der Waals surface area contributed by atoms with Crippen LogP contribution in [0.25, 0.3) is 10.9 Å². The molecule has 0 amide bonds. The molecule has 2 fully saturated rings. The normalized spacial score (nSPS) is 28.4. The van der Waals surface area contributed by atoms with E-state index in [0.717, 1.165) is 30.2 Å². The van der Waals surface area contributed by atoms with Crippen LogP contribution in [0.5, 0.6) is 0 Å². The molecule has 0 aliphatic carbocycles. The highest BCUT2D eigenvalue weighted by atomic mass is 15.2. The maximum atomic E-state index is 4.58. The molecule has 110 valence electrons. The molecule has 3 heterocycles. The molecular formula is C18H23N3. The van der Waals surface area contributed by atoms with Crippen molar-refractivity contribution in [2.45, 2.75) is 50.4 Å². The number of para-hydroxylation sites is 1. The Bertz CT molecular complexity index is 627. The van der Waals surface area contributed by atoms with E-state index < -0.39 is 0 Å². The monoisotopic (exact) mass is 281 g/mol. The van der Waals surface area contributed by atoms with Gasteiger partial charge in [0.05, 0.1) is 5.52 Å². The maximum absolute atomic E-state index is 4.58. The second-order valence-corrected chi connectivity index (χ2v) is 6.71. The molecule has 2 bridgehead atoms. The molecule has 2 aliphatic rings. The Balaban J connectivity index is 1.48. The van der Waals surface area contributed by atoms with Crippen molar-refractivity contribution in [2.75, 3.05) is 7.05 Å². The number of hydrogen-bond donors (Lipinski definition) is 1. The van der Waals surface area contributed by atoms with Crippen LogP contribution in [0.1, 0.15) is 31.2 Å². The third-order valence-corrected chi connectivity index (χ3v) is 5.15. The van der Waals surface area contributed by atoms with Crippen LogP contribution in [0.3, 0.4) is 0 Å². The van der Waals surface area contributed by atoms with Gasteiger partial charge in [0.1, 0.15) is 0 Å².